The van der Waals surface area contributed by atoms with Gasteiger partial charge < -0.3 is 4.90 Å². The third-order valence-electron chi connectivity index (χ3n) is 2.28. The van der Waals surface area contributed by atoms with Crippen LogP contribution in [0.25, 0.3) is 0 Å². The van der Waals surface area contributed by atoms with Crippen LogP contribution in [-0.2, 0) is 4.79 Å². The Kier molecular flexibility index (Phi) is 1.71. The fourth-order valence-corrected chi connectivity index (χ4v) is 1.37. The average Bonchev–Trinajstić information content (AvgIpc) is 1.94. The third-order valence-corrected chi connectivity index (χ3v) is 2.28. The topological polar surface area (TPSA) is 20.3 Å². The van der Waals surface area contributed by atoms with Crippen LogP contribution in [0.2, 0.25) is 0 Å². The largest absolute Gasteiger partial charge is 0.343 e. The van der Waals surface area contributed by atoms with Gasteiger partial charge in [-0.15, -0.1) is 0 Å². The molecule has 2 nitrogen and oxygen atoms in total. The zero-order valence-electron chi connectivity index (χ0n) is 12.8. The van der Waals surface area contributed by atoms with Gasteiger partial charge in [-0.2, -0.15) is 0 Å². The van der Waals surface area contributed by atoms with Gasteiger partial charge in [-0.25, -0.2) is 0 Å². The van der Waals surface area contributed by atoms with Gasteiger partial charge in [-0.3, -0.25) is 4.79 Å². The number of rotatable bonds is 0. The Balaban J connectivity index is 3.13. The van der Waals surface area contributed by atoms with Crippen LogP contribution in [0.4, 0.5) is 0 Å². The lowest BCUT2D eigenvalue weighted by molar-refractivity contribution is -0.130. The van der Waals surface area contributed by atoms with E-state index in [4.69, 9.17) is 5.48 Å². The first-order chi connectivity index (χ1) is 7.38. The van der Waals surface area contributed by atoms with Crippen molar-refractivity contribution in [3.8, 4) is 0 Å². The third kappa shape index (κ3) is 2.71. The summed E-state index contributed by atoms with van der Waals surface area (Å²) < 4.78 is 32.2. The molecule has 1 aliphatic rings. The van der Waals surface area contributed by atoms with Crippen molar-refractivity contribution in [2.75, 3.05) is 13.1 Å². The quantitative estimate of drug-likeness (QED) is 0.570. The van der Waals surface area contributed by atoms with Crippen LogP contribution in [-0.4, -0.2) is 23.9 Å². The molecule has 0 aliphatic carbocycles. The molecule has 1 aliphatic heterocycles. The molecule has 1 saturated heterocycles. The summed E-state index contributed by atoms with van der Waals surface area (Å²) in [6.07, 6.45) is -3.41. The first kappa shape index (κ1) is 6.05. The van der Waals surface area contributed by atoms with Gasteiger partial charge >= 0.3 is 0 Å². The lowest BCUT2D eigenvalue weighted by Gasteiger charge is -2.38. The minimum absolute atomic E-state index is 0.0240. The van der Waals surface area contributed by atoms with Gasteiger partial charge in [0.05, 0.1) is 0 Å². The molecule has 0 aromatic carbocycles. The number of carbonyl (C=O) groups is 1. The second kappa shape index (κ2) is 3.69. The van der Waals surface area contributed by atoms with Crippen LogP contribution < -0.4 is 0 Å². The molecule has 0 N–H and O–H groups in total. The fraction of sp³-hybridized carbons (Fsp3) is 0.909. The van der Waals surface area contributed by atoms with Crippen molar-refractivity contribution < 1.29 is 10.3 Å². The molecule has 0 radical (unpaired) electrons. The van der Waals surface area contributed by atoms with Gasteiger partial charge in [0.2, 0.25) is 5.91 Å². The number of likely N-dealkylation sites (tertiary alicyclic amines) is 1. The monoisotopic (exact) mass is 187 g/mol. The van der Waals surface area contributed by atoms with Gasteiger partial charge in [0.15, 0.2) is 0 Å². The summed E-state index contributed by atoms with van der Waals surface area (Å²) in [5.74, 6) is -0.997. The van der Waals surface area contributed by atoms with E-state index in [0.29, 0.717) is 0 Å². The predicted molar refractivity (Wildman–Crippen MR) is 54.4 cm³/mol. The average molecular weight is 187 g/mol. The number of nitrogens with zero attached hydrogens (tertiary/aromatic N) is 1. The molecule has 0 unspecified atom stereocenters. The van der Waals surface area contributed by atoms with E-state index in [0.717, 1.165) is 0 Å². The molecule has 0 saturated carbocycles. The van der Waals surface area contributed by atoms with Gasteiger partial charge in [0.25, 0.3) is 0 Å². The lowest BCUT2D eigenvalue weighted by Crippen LogP contribution is -2.40. The molecule has 1 rings (SSSR count). The Bertz CT molecular complexity index is 304. The SMILES string of the molecule is [2H]C1([2H])CN(C(C)=O)CC([2H])([2H])C1C(C)(C)C. The summed E-state index contributed by atoms with van der Waals surface area (Å²) in [6, 6.07) is 0. The zero-order valence-corrected chi connectivity index (χ0v) is 8.85. The highest BCUT2D eigenvalue weighted by atomic mass is 16.2. The van der Waals surface area contributed by atoms with Crippen molar-refractivity contribution >= 4 is 5.91 Å². The minimum atomic E-state index is -1.70. The summed E-state index contributed by atoms with van der Waals surface area (Å²) in [5.41, 5.74) is -0.476. The second-order valence-electron chi connectivity index (χ2n) is 4.58. The summed E-state index contributed by atoms with van der Waals surface area (Å²) in [6.45, 7) is 6.83. The van der Waals surface area contributed by atoms with Crippen molar-refractivity contribution in [3.63, 3.8) is 0 Å². The lowest BCUT2D eigenvalue weighted by atomic mass is 9.75. The number of piperidine rings is 1. The Morgan fingerprint density at radius 1 is 1.38 bits per heavy atom. The summed E-state index contributed by atoms with van der Waals surface area (Å²) in [7, 11) is 0. The maximum atomic E-state index is 11.3. The molecule has 0 aromatic heterocycles. The van der Waals surface area contributed by atoms with E-state index in [1.807, 2.05) is 20.8 Å². The summed E-state index contributed by atoms with van der Waals surface area (Å²) in [5, 5.41) is 0. The molecular weight excluding hydrogens is 162 g/mol. The van der Waals surface area contributed by atoms with Crippen molar-refractivity contribution in [2.24, 2.45) is 11.3 Å². The Morgan fingerprint density at radius 3 is 2.15 bits per heavy atom. The first-order valence-electron chi connectivity index (χ1n) is 6.63. The van der Waals surface area contributed by atoms with Crippen LogP contribution in [0, 0.1) is 11.3 Å². The standard InChI is InChI=1S/C11H21NO/c1-9(13)12-7-5-10(6-8-12)11(2,3)4/h10H,5-8H2,1-4H3/i5D2,6D2. The maximum absolute atomic E-state index is 11.3. The fourth-order valence-electron chi connectivity index (χ4n) is 1.37. The van der Waals surface area contributed by atoms with E-state index < -0.39 is 24.1 Å². The van der Waals surface area contributed by atoms with Gasteiger partial charge in [-0.1, -0.05) is 20.8 Å². The van der Waals surface area contributed by atoms with E-state index in [2.05, 4.69) is 0 Å². The molecule has 0 spiro atoms. The highest BCUT2D eigenvalue weighted by molar-refractivity contribution is 5.73. The van der Waals surface area contributed by atoms with Crippen LogP contribution in [0.5, 0.6) is 0 Å². The maximum Gasteiger partial charge on any atom is 0.219 e. The highest BCUT2D eigenvalue weighted by Gasteiger charge is 2.29. The molecule has 0 atom stereocenters. The number of hydrogen-bond acceptors (Lipinski definition) is 1. The van der Waals surface area contributed by atoms with E-state index in [1.165, 1.54) is 11.8 Å². The van der Waals surface area contributed by atoms with Crippen molar-refractivity contribution in [1.29, 1.82) is 0 Å². The number of hydrogen-bond donors (Lipinski definition) is 0. The molecule has 13 heavy (non-hydrogen) atoms. The van der Waals surface area contributed by atoms with Crippen molar-refractivity contribution in [2.45, 2.75) is 40.4 Å². The van der Waals surface area contributed by atoms with Crippen LogP contribution in [0.3, 0.4) is 0 Å². The van der Waals surface area contributed by atoms with Crippen LogP contribution in [0.15, 0.2) is 0 Å². The zero-order chi connectivity index (χ0) is 13.6. The van der Waals surface area contributed by atoms with E-state index in [9.17, 15) is 4.79 Å². The summed E-state index contributed by atoms with van der Waals surface area (Å²) >= 11 is 0. The van der Waals surface area contributed by atoms with Gasteiger partial charge in [0, 0.05) is 25.5 Å². The van der Waals surface area contributed by atoms with Crippen LogP contribution >= 0.6 is 0 Å². The molecule has 76 valence electrons. The summed E-state index contributed by atoms with van der Waals surface area (Å²) in [4.78, 5) is 12.6. The van der Waals surface area contributed by atoms with Crippen molar-refractivity contribution in [1.82, 2.24) is 4.90 Å². The normalized spacial score (nSPS) is 32.8. The van der Waals surface area contributed by atoms with Crippen molar-refractivity contribution in [3.05, 3.63) is 0 Å². The molecule has 2 heteroatoms. The number of amides is 1. The van der Waals surface area contributed by atoms with Gasteiger partial charge in [-0.05, 0) is 24.1 Å². The van der Waals surface area contributed by atoms with E-state index in [1.54, 1.807) is 0 Å². The molecule has 1 fully saturated rings. The van der Waals surface area contributed by atoms with Crippen LogP contribution in [0.1, 0.15) is 45.9 Å². The number of carbonyl (C=O) groups excluding carboxylic acids is 1. The smallest absolute Gasteiger partial charge is 0.219 e. The van der Waals surface area contributed by atoms with E-state index >= 15 is 0 Å². The predicted octanol–water partition coefficient (Wildman–Crippen LogP) is 2.29. The Hall–Kier alpha value is -0.530. The first-order valence-corrected chi connectivity index (χ1v) is 4.63. The minimum Gasteiger partial charge on any atom is -0.343 e. The molecule has 1 amide bonds. The van der Waals surface area contributed by atoms with E-state index in [-0.39, 0.29) is 19.0 Å². The molecular formula is C11H21NO. The Labute approximate surface area is 86.9 Å². The Morgan fingerprint density at radius 2 is 1.85 bits per heavy atom. The molecule has 1 heterocycles. The highest BCUT2D eigenvalue weighted by Crippen LogP contribution is 2.34. The van der Waals surface area contributed by atoms with Gasteiger partial charge in [0.1, 0.15) is 0 Å². The second-order valence-corrected chi connectivity index (χ2v) is 4.58. The molecule has 0 bridgehead atoms. The molecule has 0 aromatic rings.